The van der Waals surface area contributed by atoms with Gasteiger partial charge >= 0.3 is 6.03 Å². The van der Waals surface area contributed by atoms with E-state index in [9.17, 15) is 10.1 Å². The molecule has 3 aromatic heterocycles. The number of nitrogens with zero attached hydrogens (tertiary/aromatic N) is 10. The van der Waals surface area contributed by atoms with Crippen LogP contribution in [-0.4, -0.2) is 105 Å². The average Bonchev–Trinajstić information content (AvgIpc) is 3.72. The van der Waals surface area contributed by atoms with E-state index >= 15 is 0 Å². The average molecular weight is 529 g/mol. The number of piperazine rings is 1. The Labute approximate surface area is 227 Å². The highest BCUT2D eigenvalue weighted by atomic mass is 16.5. The van der Waals surface area contributed by atoms with E-state index in [2.05, 4.69) is 33.0 Å². The number of pyridine rings is 1. The first-order chi connectivity index (χ1) is 18.9. The molecular formula is C27H32N10O2. The maximum Gasteiger partial charge on any atom is 0.320 e. The Kier molecular flexibility index (Phi) is 7.42. The first-order valence-corrected chi connectivity index (χ1v) is 12.9. The number of guanidine groups is 1. The molecule has 0 aliphatic carbocycles. The lowest BCUT2D eigenvalue weighted by Crippen LogP contribution is -2.53. The van der Waals surface area contributed by atoms with Gasteiger partial charge in [0.1, 0.15) is 6.07 Å². The number of ether oxygens (including phenoxy) is 1. The number of carbonyl (C=O) groups is 1. The van der Waals surface area contributed by atoms with Crippen LogP contribution >= 0.6 is 0 Å². The van der Waals surface area contributed by atoms with Gasteiger partial charge in [0.05, 0.1) is 29.6 Å². The van der Waals surface area contributed by atoms with Crippen molar-refractivity contribution in [2.45, 2.75) is 19.4 Å². The van der Waals surface area contributed by atoms with Crippen LogP contribution in [0.25, 0.3) is 22.2 Å². The van der Waals surface area contributed by atoms with Crippen LogP contribution in [-0.2, 0) is 11.8 Å². The van der Waals surface area contributed by atoms with E-state index in [1.54, 1.807) is 34.9 Å². The monoisotopic (exact) mass is 528 g/mol. The fraction of sp³-hybridized carbons (Fsp3) is 0.407. The molecular weight excluding hydrogens is 496 g/mol. The van der Waals surface area contributed by atoms with Crippen LogP contribution in [0, 0.1) is 11.3 Å². The summed E-state index contributed by atoms with van der Waals surface area (Å²) in [6.07, 6.45) is 9.92. The number of carbonyl (C=O) groups excluding carboxylic acids is 1. The molecule has 5 rings (SSSR count). The molecule has 0 saturated carbocycles. The largest absolute Gasteiger partial charge is 0.380 e. The van der Waals surface area contributed by atoms with E-state index in [1.807, 2.05) is 47.1 Å². The molecule has 202 valence electrons. The molecule has 12 nitrogen and oxygen atoms in total. The summed E-state index contributed by atoms with van der Waals surface area (Å²) in [6.45, 7) is 9.42. The predicted octanol–water partition coefficient (Wildman–Crippen LogP) is 2.48. The molecule has 0 bridgehead atoms. The van der Waals surface area contributed by atoms with Crippen molar-refractivity contribution in [1.29, 1.82) is 5.26 Å². The van der Waals surface area contributed by atoms with Crippen molar-refractivity contribution in [3.8, 4) is 17.2 Å². The van der Waals surface area contributed by atoms with E-state index in [0.29, 0.717) is 49.8 Å². The van der Waals surface area contributed by atoms with Gasteiger partial charge in [-0.3, -0.25) is 4.68 Å². The molecule has 0 N–H and O–H groups in total. The highest BCUT2D eigenvalue weighted by molar-refractivity contribution is 5.88. The van der Waals surface area contributed by atoms with Crippen LogP contribution in [0.5, 0.6) is 0 Å². The Morgan fingerprint density at radius 1 is 1.13 bits per heavy atom. The maximum atomic E-state index is 12.9. The number of aliphatic imine (C=N–C) groups is 2. The van der Waals surface area contributed by atoms with Crippen LogP contribution in [0.15, 0.2) is 47.0 Å². The quantitative estimate of drug-likeness (QED) is 0.379. The normalized spacial score (nSPS) is 18.6. The number of aryl methyl sites for hydroxylation is 1. The van der Waals surface area contributed by atoms with Gasteiger partial charge in [0.25, 0.3) is 0 Å². The van der Waals surface area contributed by atoms with Crippen molar-refractivity contribution in [3.63, 3.8) is 0 Å². The van der Waals surface area contributed by atoms with Gasteiger partial charge in [-0.15, -0.1) is 0 Å². The second-order valence-electron chi connectivity index (χ2n) is 9.76. The second kappa shape index (κ2) is 11.1. The lowest BCUT2D eigenvalue weighted by Gasteiger charge is -2.36. The highest BCUT2D eigenvalue weighted by Gasteiger charge is 2.31. The highest BCUT2D eigenvalue weighted by Crippen LogP contribution is 2.29. The molecule has 2 amide bonds. The molecule has 5 heterocycles. The smallest absolute Gasteiger partial charge is 0.320 e. The van der Waals surface area contributed by atoms with E-state index in [4.69, 9.17) is 4.74 Å². The van der Waals surface area contributed by atoms with Gasteiger partial charge in [-0.25, -0.2) is 19.3 Å². The van der Waals surface area contributed by atoms with Gasteiger partial charge in [0, 0.05) is 88.7 Å². The predicted molar refractivity (Wildman–Crippen MR) is 148 cm³/mol. The zero-order chi connectivity index (χ0) is 27.5. The van der Waals surface area contributed by atoms with Crippen molar-refractivity contribution >= 4 is 29.8 Å². The lowest BCUT2D eigenvalue weighted by molar-refractivity contribution is 0.102. The van der Waals surface area contributed by atoms with E-state index in [-0.39, 0.29) is 12.1 Å². The summed E-state index contributed by atoms with van der Waals surface area (Å²) in [5.74, 6) is 0.496. The van der Waals surface area contributed by atoms with Crippen LogP contribution < -0.4 is 0 Å². The fourth-order valence-corrected chi connectivity index (χ4v) is 5.07. The van der Waals surface area contributed by atoms with Gasteiger partial charge in [0.2, 0.25) is 5.96 Å². The number of rotatable bonds is 4. The number of nitriles is 1. The minimum Gasteiger partial charge on any atom is -0.380 e. The van der Waals surface area contributed by atoms with Gasteiger partial charge in [-0.05, 0) is 31.7 Å². The zero-order valence-electron chi connectivity index (χ0n) is 22.5. The Bertz CT molecular complexity index is 1490. The SMILES string of the molecule is C=N/C(=N\C=C(/C)c1cc(-c2cnn(C)c2)cn2ncc(C#N)c12)N1CCN(C(=O)N2CC[C@H](OC)C2)CC1. The topological polar surface area (TPSA) is 120 Å². The van der Waals surface area contributed by atoms with Gasteiger partial charge in [-0.1, -0.05) is 0 Å². The minimum absolute atomic E-state index is 0.0570. The molecule has 2 fully saturated rings. The summed E-state index contributed by atoms with van der Waals surface area (Å²) in [5, 5.41) is 18.3. The molecule has 0 spiro atoms. The second-order valence-corrected chi connectivity index (χ2v) is 9.76. The zero-order valence-corrected chi connectivity index (χ0v) is 22.5. The van der Waals surface area contributed by atoms with Gasteiger partial charge < -0.3 is 19.4 Å². The molecule has 3 aromatic rings. The Hall–Kier alpha value is -4.50. The third-order valence-electron chi connectivity index (χ3n) is 7.29. The number of fused-ring (bicyclic) bond motifs is 1. The van der Waals surface area contributed by atoms with E-state index in [1.165, 1.54) is 0 Å². The summed E-state index contributed by atoms with van der Waals surface area (Å²) < 4.78 is 8.86. The molecule has 2 aliphatic rings. The maximum absolute atomic E-state index is 12.9. The molecule has 2 saturated heterocycles. The number of aromatic nitrogens is 4. The summed E-state index contributed by atoms with van der Waals surface area (Å²) in [4.78, 5) is 27.5. The van der Waals surface area contributed by atoms with Gasteiger partial charge in [0.15, 0.2) is 0 Å². The van der Waals surface area contributed by atoms with Crippen LogP contribution in [0.2, 0.25) is 0 Å². The molecule has 0 aromatic carbocycles. The summed E-state index contributed by atoms with van der Waals surface area (Å²) in [7, 11) is 3.56. The Morgan fingerprint density at radius 2 is 1.90 bits per heavy atom. The lowest BCUT2D eigenvalue weighted by atomic mass is 10.0. The van der Waals surface area contributed by atoms with Crippen molar-refractivity contribution in [1.82, 2.24) is 34.1 Å². The van der Waals surface area contributed by atoms with Crippen molar-refractivity contribution in [2.75, 3.05) is 46.4 Å². The molecule has 12 heteroatoms. The number of hydrogen-bond donors (Lipinski definition) is 0. The fourth-order valence-electron chi connectivity index (χ4n) is 5.07. The number of urea groups is 1. The van der Waals surface area contributed by atoms with Crippen LogP contribution in [0.4, 0.5) is 4.79 Å². The molecule has 0 radical (unpaired) electrons. The van der Waals surface area contributed by atoms with Crippen molar-refractivity contribution in [2.24, 2.45) is 17.0 Å². The Balaban J connectivity index is 1.35. The van der Waals surface area contributed by atoms with Crippen LogP contribution in [0.1, 0.15) is 24.5 Å². The number of hydrogen-bond acceptors (Lipinski definition) is 6. The number of methoxy groups -OCH3 is 1. The third kappa shape index (κ3) is 5.26. The van der Waals surface area contributed by atoms with E-state index in [0.717, 1.165) is 35.2 Å². The summed E-state index contributed by atoms with van der Waals surface area (Å²) >= 11 is 0. The molecule has 39 heavy (non-hydrogen) atoms. The number of likely N-dealkylation sites (tertiary alicyclic amines) is 1. The minimum atomic E-state index is 0.0570. The third-order valence-corrected chi connectivity index (χ3v) is 7.29. The van der Waals surface area contributed by atoms with Crippen LogP contribution in [0.3, 0.4) is 0 Å². The van der Waals surface area contributed by atoms with Gasteiger partial charge in [-0.2, -0.15) is 15.5 Å². The first-order valence-electron chi connectivity index (χ1n) is 12.9. The standard InChI is InChI=1S/C27H32N10O2/c1-19(24-11-20(22-15-31-33(3)16-22)17-37-25(24)21(12-28)14-32-37)13-30-26(29-2)34-7-9-35(10-8-34)27(38)36-6-5-23(18-36)39-4/h11,13-17,23H,2,5-10,18H2,1,3-4H3/b19-13+,30-26+/t23-/m0/s1. The van der Waals surface area contributed by atoms with Crippen molar-refractivity contribution < 1.29 is 9.53 Å². The first kappa shape index (κ1) is 26.1. The van der Waals surface area contributed by atoms with E-state index < -0.39 is 0 Å². The Morgan fingerprint density at radius 3 is 2.54 bits per heavy atom. The molecule has 1 atom stereocenters. The number of allylic oxidation sites excluding steroid dienone is 1. The summed E-state index contributed by atoms with van der Waals surface area (Å²) in [5.41, 5.74) is 4.75. The molecule has 0 unspecified atom stereocenters. The number of amides is 2. The molecule has 2 aliphatic heterocycles. The van der Waals surface area contributed by atoms with Crippen molar-refractivity contribution in [3.05, 3.63) is 48.2 Å². The summed E-state index contributed by atoms with van der Waals surface area (Å²) in [6, 6.07) is 4.31.